The van der Waals surface area contributed by atoms with Gasteiger partial charge in [-0.25, -0.2) is 19.2 Å². The zero-order valence-corrected chi connectivity index (χ0v) is 22.0. The molecule has 3 aromatic rings. The van der Waals surface area contributed by atoms with E-state index in [0.29, 0.717) is 34.7 Å². The van der Waals surface area contributed by atoms with Gasteiger partial charge in [-0.3, -0.25) is 9.78 Å². The number of carbonyl (C=O) groups excluding carboxylic acids is 1. The highest BCUT2D eigenvalue weighted by molar-refractivity contribution is 14.2. The maximum atomic E-state index is 13.0. The van der Waals surface area contributed by atoms with Crippen LogP contribution >= 0.6 is 31.4 Å². The van der Waals surface area contributed by atoms with Crippen molar-refractivity contribution in [2.45, 2.75) is 46.1 Å². The summed E-state index contributed by atoms with van der Waals surface area (Å²) in [6, 6.07) is 7.04. The zero-order valence-electron chi connectivity index (χ0n) is 19.0. The van der Waals surface area contributed by atoms with Crippen molar-refractivity contribution in [3.63, 3.8) is 0 Å². The Morgan fingerprint density at radius 3 is 2.48 bits per heavy atom. The number of rotatable bonds is 9. The SMILES string of the molecule is CCOc1cncc(-c2ccc(NC(=O)C(C)(C)c3csc(N(C(C)C)I(=O)=O)n3)cc2)n1. The lowest BCUT2D eigenvalue weighted by molar-refractivity contribution is -0.120. The van der Waals surface area contributed by atoms with Gasteiger partial charge in [-0.1, -0.05) is 12.1 Å². The van der Waals surface area contributed by atoms with Crippen LogP contribution in [0.2, 0.25) is 0 Å². The van der Waals surface area contributed by atoms with Gasteiger partial charge in [0, 0.05) is 22.7 Å². The van der Waals surface area contributed by atoms with Crippen LogP contribution in [0.5, 0.6) is 5.88 Å². The van der Waals surface area contributed by atoms with E-state index in [2.05, 4.69) is 20.3 Å². The Labute approximate surface area is 204 Å². The average molecular weight is 583 g/mol. The number of ether oxygens (including phenoxy) is 1. The Balaban J connectivity index is 1.75. The molecule has 11 heteroatoms. The van der Waals surface area contributed by atoms with Crippen molar-refractivity contribution < 1.29 is 15.7 Å². The highest BCUT2D eigenvalue weighted by atomic mass is 127. The molecule has 2 heterocycles. The number of halogens is 1. The van der Waals surface area contributed by atoms with Crippen molar-refractivity contribution in [1.29, 1.82) is 0 Å². The summed E-state index contributed by atoms with van der Waals surface area (Å²) >= 11 is -2.53. The van der Waals surface area contributed by atoms with Crippen LogP contribution in [0.15, 0.2) is 42.0 Å². The molecular weight excluding hydrogens is 557 g/mol. The van der Waals surface area contributed by atoms with Gasteiger partial charge in [0.25, 0.3) is 0 Å². The number of hydrogen-bond donors (Lipinski definition) is 1. The van der Waals surface area contributed by atoms with E-state index in [0.717, 1.165) is 5.56 Å². The lowest BCUT2D eigenvalue weighted by Crippen LogP contribution is -2.35. The Hall–Kier alpha value is -2.67. The molecule has 9 nitrogen and oxygen atoms in total. The summed E-state index contributed by atoms with van der Waals surface area (Å²) in [7, 11) is 0. The second-order valence-corrected chi connectivity index (χ2v) is 11.0. The van der Waals surface area contributed by atoms with E-state index in [4.69, 9.17) is 4.74 Å². The number of aromatic nitrogens is 3. The van der Waals surface area contributed by atoms with Gasteiger partial charge in [-0.15, -0.1) is 11.3 Å². The van der Waals surface area contributed by atoms with Gasteiger partial charge in [0.2, 0.25) is 11.8 Å². The second-order valence-electron chi connectivity index (χ2n) is 7.95. The molecular formula is C22H26IN5O4S. The maximum absolute atomic E-state index is 13.0. The van der Waals surface area contributed by atoms with Gasteiger partial charge < -0.3 is 10.1 Å². The van der Waals surface area contributed by atoms with Gasteiger partial charge in [-0.2, -0.15) is 0 Å². The Kier molecular flexibility index (Phi) is 7.95. The van der Waals surface area contributed by atoms with Crippen molar-refractivity contribution in [2.24, 2.45) is 0 Å². The van der Waals surface area contributed by atoms with Gasteiger partial charge in [0.15, 0.2) is 5.13 Å². The molecule has 33 heavy (non-hydrogen) atoms. The van der Waals surface area contributed by atoms with Crippen molar-refractivity contribution >= 4 is 48.1 Å². The standard InChI is InChI=1S/C22H26IN5O4S/c1-6-32-19-12-24-11-17(26-19)15-7-9-16(10-8-15)25-20(29)22(4,5)18-13-33-21(27-18)28(14(2)3)23(30)31/h7-14H,6H2,1-5H3,(H,25,29). The molecule has 1 aromatic carbocycles. The predicted molar refractivity (Wildman–Crippen MR) is 135 cm³/mol. The maximum Gasteiger partial charge on any atom is 0.422 e. The molecule has 0 spiro atoms. The smallest absolute Gasteiger partial charge is 0.422 e. The van der Waals surface area contributed by atoms with Crippen LogP contribution < -0.4 is 13.2 Å². The topological polar surface area (TPSA) is 114 Å². The second kappa shape index (κ2) is 10.5. The summed E-state index contributed by atoms with van der Waals surface area (Å²) in [4.78, 5) is 26.1. The fourth-order valence-corrected chi connectivity index (χ4v) is 6.02. The minimum atomic E-state index is -3.75. The molecule has 0 fully saturated rings. The first kappa shape index (κ1) is 25.0. The number of carbonyl (C=O) groups is 1. The minimum absolute atomic E-state index is 0.224. The van der Waals surface area contributed by atoms with Crippen LogP contribution in [0.1, 0.15) is 40.3 Å². The molecule has 3 rings (SSSR count). The Morgan fingerprint density at radius 2 is 1.88 bits per heavy atom. The molecule has 0 aliphatic carbocycles. The van der Waals surface area contributed by atoms with E-state index >= 15 is 0 Å². The molecule has 1 amide bonds. The molecule has 0 unspecified atom stereocenters. The lowest BCUT2D eigenvalue weighted by Gasteiger charge is -2.22. The predicted octanol–water partition coefficient (Wildman–Crippen LogP) is 5.24. The molecule has 176 valence electrons. The molecule has 0 saturated carbocycles. The summed E-state index contributed by atoms with van der Waals surface area (Å²) < 4.78 is 30.1. The van der Waals surface area contributed by atoms with Crippen molar-refractivity contribution in [2.75, 3.05) is 15.0 Å². The quantitative estimate of drug-likeness (QED) is 0.269. The first-order valence-electron chi connectivity index (χ1n) is 10.3. The molecule has 1 N–H and O–H groups in total. The monoisotopic (exact) mass is 583 g/mol. The van der Waals surface area contributed by atoms with E-state index in [1.165, 1.54) is 14.5 Å². The van der Waals surface area contributed by atoms with E-state index in [1.54, 1.807) is 57.6 Å². The Morgan fingerprint density at radius 1 is 1.18 bits per heavy atom. The molecule has 0 bridgehead atoms. The van der Waals surface area contributed by atoms with Crippen LogP contribution in [0.3, 0.4) is 0 Å². The van der Waals surface area contributed by atoms with Gasteiger partial charge in [0.1, 0.15) is 0 Å². The van der Waals surface area contributed by atoms with Crippen LogP contribution in [-0.4, -0.2) is 33.5 Å². The number of nitrogens with one attached hydrogen (secondary N) is 1. The number of thiazole rings is 1. The molecule has 0 saturated heterocycles. The third-order valence-corrected chi connectivity index (χ3v) is 8.42. The summed E-state index contributed by atoms with van der Waals surface area (Å²) in [6.45, 7) is 9.49. The minimum Gasteiger partial charge on any atom is -0.477 e. The van der Waals surface area contributed by atoms with Gasteiger partial charge in [0.05, 0.1) is 35.8 Å². The Bertz CT molecular complexity index is 1180. The number of benzene rings is 1. The van der Waals surface area contributed by atoms with Crippen molar-refractivity contribution in [1.82, 2.24) is 15.0 Å². The van der Waals surface area contributed by atoms with Crippen molar-refractivity contribution in [3.05, 3.63) is 47.7 Å². The average Bonchev–Trinajstić information content (AvgIpc) is 3.24. The molecule has 2 aromatic heterocycles. The van der Waals surface area contributed by atoms with E-state index in [-0.39, 0.29) is 11.9 Å². The number of anilines is 2. The molecule has 0 radical (unpaired) electrons. The highest BCUT2D eigenvalue weighted by Gasteiger charge is 2.33. The van der Waals surface area contributed by atoms with E-state index < -0.39 is 25.5 Å². The lowest BCUT2D eigenvalue weighted by atomic mass is 9.89. The van der Waals surface area contributed by atoms with Crippen LogP contribution in [0.25, 0.3) is 11.3 Å². The summed E-state index contributed by atoms with van der Waals surface area (Å²) in [5.74, 6) is 0.206. The van der Waals surface area contributed by atoms with E-state index in [1.807, 2.05) is 19.1 Å². The third kappa shape index (κ3) is 5.82. The fraction of sp³-hybridized carbons (Fsp3) is 0.364. The van der Waals surface area contributed by atoms with Crippen LogP contribution in [0, 0.1) is 0 Å². The molecule has 0 aliphatic rings. The number of hydrogen-bond acceptors (Lipinski definition) is 8. The fourth-order valence-electron chi connectivity index (χ4n) is 2.92. The van der Waals surface area contributed by atoms with Gasteiger partial charge >= 0.3 is 20.1 Å². The summed E-state index contributed by atoms with van der Waals surface area (Å²) in [5.41, 5.74) is 1.69. The number of amides is 1. The third-order valence-electron chi connectivity index (χ3n) is 4.83. The first-order chi connectivity index (χ1) is 15.6. The summed E-state index contributed by atoms with van der Waals surface area (Å²) in [5, 5.41) is 5.03. The van der Waals surface area contributed by atoms with Crippen LogP contribution in [-0.2, 0) is 16.3 Å². The van der Waals surface area contributed by atoms with Gasteiger partial charge in [-0.05, 0) is 46.8 Å². The number of nitrogens with zero attached hydrogens (tertiary/aromatic N) is 4. The van der Waals surface area contributed by atoms with E-state index in [9.17, 15) is 10.9 Å². The molecule has 0 aliphatic heterocycles. The summed E-state index contributed by atoms with van der Waals surface area (Å²) in [6.07, 6.45) is 3.21. The normalized spacial score (nSPS) is 11.6. The van der Waals surface area contributed by atoms with Crippen molar-refractivity contribution in [3.8, 4) is 17.1 Å². The zero-order chi connectivity index (χ0) is 24.2. The first-order valence-corrected chi connectivity index (χ1v) is 13.9. The molecule has 0 atom stereocenters. The largest absolute Gasteiger partial charge is 0.477 e. The van der Waals surface area contributed by atoms with Crippen LogP contribution in [0.4, 0.5) is 10.8 Å². The highest BCUT2D eigenvalue weighted by Crippen LogP contribution is 2.35.